The molecule has 20 heavy (non-hydrogen) atoms. The standard InChI is InChI=1S/C14H18N2O4/c1-10(9-17)8-15-13(18)12(16-14(19)20)7-11-5-3-2-4-6-11/h2-6,9-10,12,16H,7-8H2,1H3,(H,15,18)(H,19,20)/t10?,12-/m0/s1. The Balaban J connectivity index is 2.65. The van der Waals surface area contributed by atoms with Gasteiger partial charge in [0.25, 0.3) is 0 Å². The summed E-state index contributed by atoms with van der Waals surface area (Å²) in [4.78, 5) is 33.2. The van der Waals surface area contributed by atoms with Crippen molar-refractivity contribution in [3.05, 3.63) is 35.9 Å². The zero-order chi connectivity index (χ0) is 15.0. The third kappa shape index (κ3) is 5.51. The summed E-state index contributed by atoms with van der Waals surface area (Å²) in [7, 11) is 0. The van der Waals surface area contributed by atoms with Crippen molar-refractivity contribution in [1.82, 2.24) is 10.6 Å². The topological polar surface area (TPSA) is 95.5 Å². The molecule has 0 aliphatic rings. The van der Waals surface area contributed by atoms with Crippen molar-refractivity contribution in [2.75, 3.05) is 6.54 Å². The van der Waals surface area contributed by atoms with Crippen molar-refractivity contribution in [2.45, 2.75) is 19.4 Å². The van der Waals surface area contributed by atoms with E-state index in [1.165, 1.54) is 0 Å². The van der Waals surface area contributed by atoms with E-state index < -0.39 is 18.0 Å². The average molecular weight is 278 g/mol. The third-order valence-corrected chi connectivity index (χ3v) is 2.73. The molecular formula is C14H18N2O4. The number of carboxylic acid groups (broad SMARTS) is 1. The van der Waals surface area contributed by atoms with E-state index in [1.54, 1.807) is 6.92 Å². The molecule has 1 rings (SSSR count). The molecule has 0 fully saturated rings. The molecule has 1 unspecified atom stereocenters. The van der Waals surface area contributed by atoms with E-state index >= 15 is 0 Å². The van der Waals surface area contributed by atoms with Crippen molar-refractivity contribution in [1.29, 1.82) is 0 Å². The second kappa shape index (κ2) is 7.93. The van der Waals surface area contributed by atoms with Crippen LogP contribution in [0.1, 0.15) is 12.5 Å². The van der Waals surface area contributed by atoms with E-state index in [1.807, 2.05) is 30.3 Å². The molecule has 0 heterocycles. The van der Waals surface area contributed by atoms with Gasteiger partial charge in [-0.3, -0.25) is 4.79 Å². The summed E-state index contributed by atoms with van der Waals surface area (Å²) in [6.45, 7) is 1.86. The Morgan fingerprint density at radius 2 is 1.95 bits per heavy atom. The van der Waals surface area contributed by atoms with Crippen LogP contribution in [-0.2, 0) is 16.0 Å². The molecule has 2 atom stereocenters. The summed E-state index contributed by atoms with van der Waals surface area (Å²) in [6.07, 6.45) is -0.268. The number of aldehydes is 1. The summed E-state index contributed by atoms with van der Waals surface area (Å²) in [5, 5.41) is 13.5. The highest BCUT2D eigenvalue weighted by Crippen LogP contribution is 2.03. The number of carbonyl (C=O) groups is 3. The van der Waals surface area contributed by atoms with Gasteiger partial charge in [0.1, 0.15) is 12.3 Å². The van der Waals surface area contributed by atoms with Crippen LogP contribution in [0.4, 0.5) is 4.79 Å². The lowest BCUT2D eigenvalue weighted by atomic mass is 10.1. The minimum atomic E-state index is -1.26. The van der Waals surface area contributed by atoms with Gasteiger partial charge in [-0.2, -0.15) is 0 Å². The molecule has 0 spiro atoms. The first-order valence-corrected chi connectivity index (χ1v) is 6.29. The average Bonchev–Trinajstić information content (AvgIpc) is 2.44. The molecule has 6 heteroatoms. The number of carbonyl (C=O) groups excluding carboxylic acids is 2. The molecule has 2 amide bonds. The molecule has 0 radical (unpaired) electrons. The van der Waals surface area contributed by atoms with Gasteiger partial charge in [0.15, 0.2) is 0 Å². The number of benzene rings is 1. The third-order valence-electron chi connectivity index (χ3n) is 2.73. The van der Waals surface area contributed by atoms with Crippen LogP contribution < -0.4 is 10.6 Å². The summed E-state index contributed by atoms with van der Waals surface area (Å²) in [5.74, 6) is -0.744. The van der Waals surface area contributed by atoms with Gasteiger partial charge in [0.05, 0.1) is 0 Å². The van der Waals surface area contributed by atoms with Gasteiger partial charge in [-0.25, -0.2) is 4.79 Å². The largest absolute Gasteiger partial charge is 0.465 e. The van der Waals surface area contributed by atoms with Crippen LogP contribution in [0.3, 0.4) is 0 Å². The second-order valence-electron chi connectivity index (χ2n) is 4.55. The summed E-state index contributed by atoms with van der Waals surface area (Å²) >= 11 is 0. The molecule has 3 N–H and O–H groups in total. The maximum atomic E-state index is 12.0. The SMILES string of the molecule is CC(C=O)CNC(=O)[C@H](Cc1ccccc1)NC(=O)O. The van der Waals surface area contributed by atoms with Crippen molar-refractivity contribution >= 4 is 18.3 Å². The van der Waals surface area contributed by atoms with Crippen molar-refractivity contribution < 1.29 is 19.5 Å². The molecule has 0 aromatic heterocycles. The number of hydrogen-bond acceptors (Lipinski definition) is 3. The Hall–Kier alpha value is -2.37. The Morgan fingerprint density at radius 3 is 2.50 bits per heavy atom. The Morgan fingerprint density at radius 1 is 1.30 bits per heavy atom. The van der Waals surface area contributed by atoms with Crippen LogP contribution >= 0.6 is 0 Å². The van der Waals surface area contributed by atoms with E-state index in [9.17, 15) is 14.4 Å². The first kappa shape index (κ1) is 15.7. The van der Waals surface area contributed by atoms with Gasteiger partial charge >= 0.3 is 6.09 Å². The van der Waals surface area contributed by atoms with Crippen LogP contribution in [0.2, 0.25) is 0 Å². The molecule has 108 valence electrons. The number of nitrogens with one attached hydrogen (secondary N) is 2. The first-order valence-electron chi connectivity index (χ1n) is 6.29. The number of amides is 2. The van der Waals surface area contributed by atoms with E-state index in [0.29, 0.717) is 0 Å². The highest BCUT2D eigenvalue weighted by Gasteiger charge is 2.21. The molecule has 0 aliphatic heterocycles. The zero-order valence-electron chi connectivity index (χ0n) is 11.2. The van der Waals surface area contributed by atoms with Crippen LogP contribution in [0.15, 0.2) is 30.3 Å². The predicted octanol–water partition coefficient (Wildman–Crippen LogP) is 0.816. The van der Waals surface area contributed by atoms with E-state index in [2.05, 4.69) is 10.6 Å². The minimum Gasteiger partial charge on any atom is -0.465 e. The zero-order valence-corrected chi connectivity index (χ0v) is 11.2. The molecule has 1 aromatic rings. The van der Waals surface area contributed by atoms with Gasteiger partial charge in [-0.1, -0.05) is 37.3 Å². The maximum Gasteiger partial charge on any atom is 0.405 e. The Kier molecular flexibility index (Phi) is 6.22. The van der Waals surface area contributed by atoms with Gasteiger partial charge < -0.3 is 20.5 Å². The lowest BCUT2D eigenvalue weighted by Crippen LogP contribution is -2.48. The molecule has 0 bridgehead atoms. The molecule has 0 aliphatic carbocycles. The first-order chi connectivity index (χ1) is 9.52. The van der Waals surface area contributed by atoms with E-state index in [-0.39, 0.29) is 18.9 Å². The van der Waals surface area contributed by atoms with Gasteiger partial charge in [0, 0.05) is 18.9 Å². The summed E-state index contributed by atoms with van der Waals surface area (Å²) in [6, 6.07) is 8.23. The normalized spacial score (nSPS) is 13.1. The summed E-state index contributed by atoms with van der Waals surface area (Å²) in [5.41, 5.74) is 0.852. The lowest BCUT2D eigenvalue weighted by Gasteiger charge is -2.17. The second-order valence-corrected chi connectivity index (χ2v) is 4.55. The van der Waals surface area contributed by atoms with E-state index in [4.69, 9.17) is 5.11 Å². The Bertz CT molecular complexity index is 462. The fraction of sp³-hybridized carbons (Fsp3) is 0.357. The fourth-order valence-electron chi connectivity index (χ4n) is 1.64. The van der Waals surface area contributed by atoms with Crippen LogP contribution in [0.25, 0.3) is 0 Å². The molecule has 6 nitrogen and oxygen atoms in total. The van der Waals surface area contributed by atoms with Crippen molar-refractivity contribution in [3.8, 4) is 0 Å². The monoisotopic (exact) mass is 278 g/mol. The minimum absolute atomic E-state index is 0.189. The van der Waals surface area contributed by atoms with Gasteiger partial charge in [-0.05, 0) is 5.56 Å². The van der Waals surface area contributed by atoms with Crippen LogP contribution in [0.5, 0.6) is 0 Å². The smallest absolute Gasteiger partial charge is 0.405 e. The molecular weight excluding hydrogens is 260 g/mol. The molecule has 1 aromatic carbocycles. The van der Waals surface area contributed by atoms with Crippen LogP contribution in [0, 0.1) is 5.92 Å². The predicted molar refractivity (Wildman–Crippen MR) is 73.3 cm³/mol. The van der Waals surface area contributed by atoms with Crippen molar-refractivity contribution in [3.63, 3.8) is 0 Å². The van der Waals surface area contributed by atoms with Gasteiger partial charge in [0.2, 0.25) is 5.91 Å². The highest BCUT2D eigenvalue weighted by molar-refractivity contribution is 5.85. The number of rotatable bonds is 7. The maximum absolute atomic E-state index is 12.0. The van der Waals surface area contributed by atoms with Gasteiger partial charge in [-0.15, -0.1) is 0 Å². The van der Waals surface area contributed by atoms with Crippen LogP contribution in [-0.4, -0.2) is 36.0 Å². The van der Waals surface area contributed by atoms with Crippen molar-refractivity contribution in [2.24, 2.45) is 5.92 Å². The Labute approximate surface area is 117 Å². The number of hydrogen-bond donors (Lipinski definition) is 3. The molecule has 0 saturated heterocycles. The quantitative estimate of drug-likeness (QED) is 0.643. The van der Waals surface area contributed by atoms with E-state index in [0.717, 1.165) is 11.8 Å². The fourth-order valence-corrected chi connectivity index (χ4v) is 1.64. The lowest BCUT2D eigenvalue weighted by molar-refractivity contribution is -0.123. The highest BCUT2D eigenvalue weighted by atomic mass is 16.4. The summed E-state index contributed by atoms with van der Waals surface area (Å²) < 4.78 is 0. The molecule has 0 saturated carbocycles.